The van der Waals surface area contributed by atoms with Gasteiger partial charge in [0.1, 0.15) is 13.2 Å². The number of carboxylic acid groups (broad SMARTS) is 1. The van der Waals surface area contributed by atoms with Crippen LogP contribution < -0.4 is 0 Å². The fourth-order valence-electron chi connectivity index (χ4n) is 10.8. The van der Waals surface area contributed by atoms with Crippen molar-refractivity contribution in [3.8, 4) is 0 Å². The van der Waals surface area contributed by atoms with Crippen LogP contribution in [0.4, 0.5) is 0 Å². The minimum atomic E-state index is -1.51. The van der Waals surface area contributed by atoms with Crippen molar-refractivity contribution in [2.45, 2.75) is 379 Å². The van der Waals surface area contributed by atoms with Gasteiger partial charge in [0.25, 0.3) is 6.29 Å². The van der Waals surface area contributed by atoms with E-state index in [4.69, 9.17) is 18.9 Å². The standard InChI is InChI=1S/C71H137NO8/c1-6-8-10-12-14-16-18-20-22-24-26-28-30-31-32-33-34-35-36-37-38-40-41-43-45-47-49-51-53-55-57-59-61-68(73)78-65-67(66-79-71(70(75)76)77-64-63-72(3,4)5)80-69(74)62-60-58-56-54-52-50-48-46-44-42-39-29-27-25-23-21-19-17-15-13-11-9-7-2/h25,27,67,71H,6-24,26,28-66H2,1-5H3/p+1/b27-25-. The molecule has 0 heterocycles. The number of rotatable bonds is 67. The SMILES string of the molecule is CCCCCCCCCC/C=C\CCCCCCCCCCCCCC(=O)OC(COC(=O)CCCCCCCCCCCCCCCCCCCCCCCCCCCCCCCCCC)COC(OCC[N+](C)(C)C)C(=O)O. The van der Waals surface area contributed by atoms with E-state index in [0.717, 1.165) is 38.5 Å². The van der Waals surface area contributed by atoms with Crippen molar-refractivity contribution in [3.05, 3.63) is 12.2 Å². The number of aliphatic carboxylic acids is 1. The van der Waals surface area contributed by atoms with Crippen LogP contribution >= 0.6 is 0 Å². The van der Waals surface area contributed by atoms with Gasteiger partial charge in [-0.2, -0.15) is 0 Å². The number of ether oxygens (including phenoxy) is 4. The third-order valence-electron chi connectivity index (χ3n) is 16.3. The average molecular weight is 1130 g/mol. The normalized spacial score (nSPS) is 12.7. The van der Waals surface area contributed by atoms with E-state index in [1.54, 1.807) is 0 Å². The van der Waals surface area contributed by atoms with Gasteiger partial charge in [0.15, 0.2) is 6.10 Å². The molecule has 474 valence electrons. The van der Waals surface area contributed by atoms with Crippen LogP contribution in [0.1, 0.15) is 367 Å². The molecule has 0 radical (unpaired) electrons. The zero-order chi connectivity index (χ0) is 58.3. The maximum Gasteiger partial charge on any atom is 0.361 e. The highest BCUT2D eigenvalue weighted by atomic mass is 16.7. The zero-order valence-corrected chi connectivity index (χ0v) is 54.3. The first-order chi connectivity index (χ1) is 39.1. The Hall–Kier alpha value is -1.97. The van der Waals surface area contributed by atoms with E-state index in [-0.39, 0.29) is 38.2 Å². The number of likely N-dealkylation sites (N-methyl/N-ethyl adjacent to an activating group) is 1. The summed E-state index contributed by atoms with van der Waals surface area (Å²) in [6.07, 6.45) is 73.4. The number of carbonyl (C=O) groups is 3. The Balaban J connectivity index is 4.03. The van der Waals surface area contributed by atoms with E-state index in [0.29, 0.717) is 17.4 Å². The molecule has 0 aromatic rings. The molecule has 9 heteroatoms. The predicted octanol–water partition coefficient (Wildman–Crippen LogP) is 21.6. The number of hydrogen-bond acceptors (Lipinski definition) is 7. The van der Waals surface area contributed by atoms with Crippen LogP contribution in [0, 0.1) is 0 Å². The number of carbonyl (C=O) groups excluding carboxylic acids is 2. The van der Waals surface area contributed by atoms with Crippen LogP contribution in [-0.2, 0) is 33.3 Å². The predicted molar refractivity (Wildman–Crippen MR) is 341 cm³/mol. The molecule has 0 spiro atoms. The van der Waals surface area contributed by atoms with Gasteiger partial charge in [0, 0.05) is 12.8 Å². The molecule has 1 N–H and O–H groups in total. The highest BCUT2D eigenvalue weighted by Crippen LogP contribution is 2.19. The van der Waals surface area contributed by atoms with Crippen molar-refractivity contribution in [2.75, 3.05) is 47.5 Å². The van der Waals surface area contributed by atoms with Gasteiger partial charge in [-0.15, -0.1) is 0 Å². The van der Waals surface area contributed by atoms with Crippen LogP contribution in [0.2, 0.25) is 0 Å². The monoisotopic (exact) mass is 1130 g/mol. The Morgan fingerprint density at radius 2 is 0.637 bits per heavy atom. The van der Waals surface area contributed by atoms with Crippen molar-refractivity contribution in [2.24, 2.45) is 0 Å². The lowest BCUT2D eigenvalue weighted by atomic mass is 10.0. The largest absolute Gasteiger partial charge is 0.477 e. The molecular weight excluding hydrogens is 995 g/mol. The van der Waals surface area contributed by atoms with Crippen molar-refractivity contribution < 1.29 is 42.9 Å². The summed E-state index contributed by atoms with van der Waals surface area (Å²) in [4.78, 5) is 37.6. The summed E-state index contributed by atoms with van der Waals surface area (Å²) in [5, 5.41) is 9.74. The molecule has 0 saturated carbocycles. The molecule has 0 fully saturated rings. The smallest absolute Gasteiger partial charge is 0.361 e. The van der Waals surface area contributed by atoms with Crippen molar-refractivity contribution in [3.63, 3.8) is 0 Å². The number of unbranched alkanes of at least 4 members (excludes halogenated alkanes) is 50. The molecule has 0 aromatic carbocycles. The Morgan fingerprint density at radius 3 is 0.925 bits per heavy atom. The Morgan fingerprint density at radius 1 is 0.362 bits per heavy atom. The molecule has 9 nitrogen and oxygen atoms in total. The molecule has 80 heavy (non-hydrogen) atoms. The first-order valence-corrected chi connectivity index (χ1v) is 35.4. The minimum absolute atomic E-state index is 0.175. The Bertz CT molecular complexity index is 1320. The van der Waals surface area contributed by atoms with Crippen LogP contribution in [0.15, 0.2) is 12.2 Å². The third-order valence-corrected chi connectivity index (χ3v) is 16.3. The first kappa shape index (κ1) is 78.0. The van der Waals surface area contributed by atoms with Crippen molar-refractivity contribution in [1.29, 1.82) is 0 Å². The summed E-state index contributed by atoms with van der Waals surface area (Å²) in [5.74, 6) is -1.97. The molecule has 2 atom stereocenters. The lowest BCUT2D eigenvalue weighted by molar-refractivity contribution is -0.870. The summed E-state index contributed by atoms with van der Waals surface area (Å²) >= 11 is 0. The van der Waals surface area contributed by atoms with E-state index in [9.17, 15) is 19.5 Å². The number of nitrogens with zero attached hydrogens (tertiary/aromatic N) is 1. The fourth-order valence-corrected chi connectivity index (χ4v) is 10.8. The topological polar surface area (TPSA) is 108 Å². The first-order valence-electron chi connectivity index (χ1n) is 35.4. The third kappa shape index (κ3) is 63.6. The molecule has 0 aliphatic carbocycles. The van der Waals surface area contributed by atoms with Crippen molar-refractivity contribution >= 4 is 17.9 Å². The highest BCUT2D eigenvalue weighted by Gasteiger charge is 2.25. The quantitative estimate of drug-likeness (QED) is 0.0211. The summed E-state index contributed by atoms with van der Waals surface area (Å²) in [6, 6.07) is 0. The van der Waals surface area contributed by atoms with Gasteiger partial charge >= 0.3 is 17.9 Å². The maximum atomic E-state index is 12.9. The van der Waals surface area contributed by atoms with Crippen LogP contribution in [0.3, 0.4) is 0 Å². The minimum Gasteiger partial charge on any atom is -0.477 e. The average Bonchev–Trinajstić information content (AvgIpc) is 3.43. The summed E-state index contributed by atoms with van der Waals surface area (Å²) in [6.45, 7) is 4.96. The van der Waals surface area contributed by atoms with Gasteiger partial charge < -0.3 is 28.5 Å². The molecule has 0 saturated heterocycles. The summed E-state index contributed by atoms with van der Waals surface area (Å²) in [7, 11) is 5.99. The number of quaternary nitrogens is 1. The zero-order valence-electron chi connectivity index (χ0n) is 54.3. The lowest BCUT2D eigenvalue weighted by Gasteiger charge is -2.25. The summed E-state index contributed by atoms with van der Waals surface area (Å²) in [5.41, 5.74) is 0. The van der Waals surface area contributed by atoms with Crippen LogP contribution in [0.5, 0.6) is 0 Å². The Kier molecular flexibility index (Phi) is 61.5. The summed E-state index contributed by atoms with van der Waals surface area (Å²) < 4.78 is 23.0. The Labute approximate surface area is 497 Å². The lowest BCUT2D eigenvalue weighted by Crippen LogP contribution is -2.40. The fraction of sp³-hybridized carbons (Fsp3) is 0.930. The number of hydrogen-bond donors (Lipinski definition) is 1. The van der Waals surface area contributed by atoms with Crippen LogP contribution in [-0.4, -0.2) is 87.4 Å². The van der Waals surface area contributed by atoms with E-state index < -0.39 is 18.4 Å². The molecule has 0 aromatic heterocycles. The van der Waals surface area contributed by atoms with Crippen LogP contribution in [0.25, 0.3) is 0 Å². The molecule has 0 aliphatic rings. The van der Waals surface area contributed by atoms with E-state index in [2.05, 4.69) is 26.0 Å². The van der Waals surface area contributed by atoms with Gasteiger partial charge in [-0.25, -0.2) is 4.79 Å². The van der Waals surface area contributed by atoms with Gasteiger partial charge in [-0.1, -0.05) is 328 Å². The molecule has 0 aliphatic heterocycles. The molecule has 0 amide bonds. The van der Waals surface area contributed by atoms with Gasteiger partial charge in [-0.3, -0.25) is 9.59 Å². The number of carboxylic acids is 1. The highest BCUT2D eigenvalue weighted by molar-refractivity contribution is 5.71. The van der Waals surface area contributed by atoms with Gasteiger partial charge in [0.2, 0.25) is 0 Å². The van der Waals surface area contributed by atoms with Crippen molar-refractivity contribution in [1.82, 2.24) is 0 Å². The van der Waals surface area contributed by atoms with E-state index in [1.807, 2.05) is 21.1 Å². The second-order valence-corrected chi connectivity index (χ2v) is 25.6. The van der Waals surface area contributed by atoms with Gasteiger partial charge in [0.05, 0.1) is 34.4 Å². The van der Waals surface area contributed by atoms with E-state index >= 15 is 0 Å². The molecular formula is C71H138NO8+. The van der Waals surface area contributed by atoms with Gasteiger partial charge in [-0.05, 0) is 38.5 Å². The number of allylic oxidation sites excluding steroid dienone is 2. The second-order valence-electron chi connectivity index (χ2n) is 25.6. The molecule has 2 unspecified atom stereocenters. The maximum absolute atomic E-state index is 12.9. The molecule has 0 rings (SSSR count). The number of esters is 2. The molecule has 0 bridgehead atoms. The second kappa shape index (κ2) is 63.1. The van der Waals surface area contributed by atoms with E-state index in [1.165, 1.54) is 302 Å².